The third kappa shape index (κ3) is 4.24. The molecule has 3 rings (SSSR count). The molecule has 25 heavy (non-hydrogen) atoms. The van der Waals surface area contributed by atoms with E-state index in [2.05, 4.69) is 10.3 Å². The molecule has 2 aromatic carbocycles. The van der Waals surface area contributed by atoms with E-state index >= 15 is 0 Å². The predicted molar refractivity (Wildman–Crippen MR) is 99.7 cm³/mol. The average molecular weight is 375 g/mol. The number of hydrogen-bond donors (Lipinski definition) is 1. The number of benzene rings is 2. The fourth-order valence-electron chi connectivity index (χ4n) is 2.47. The first-order valence-corrected chi connectivity index (χ1v) is 8.99. The first-order valence-electron chi connectivity index (χ1n) is 7.79. The number of rotatable bonds is 5. The maximum absolute atomic E-state index is 13.0. The zero-order valence-corrected chi connectivity index (χ0v) is 15.1. The Hall–Kier alpha value is -2.24. The summed E-state index contributed by atoms with van der Waals surface area (Å²) < 4.78 is 13.0. The molecule has 0 fully saturated rings. The van der Waals surface area contributed by atoms with Crippen molar-refractivity contribution in [2.75, 3.05) is 6.54 Å². The predicted octanol–water partition coefficient (Wildman–Crippen LogP) is 4.88. The van der Waals surface area contributed by atoms with Gasteiger partial charge in [-0.15, -0.1) is 11.3 Å². The molecule has 0 aliphatic rings. The van der Waals surface area contributed by atoms with Gasteiger partial charge in [0.1, 0.15) is 5.82 Å². The maximum atomic E-state index is 13.0. The number of aryl methyl sites for hydroxylation is 1. The lowest BCUT2D eigenvalue weighted by atomic mass is 10.1. The third-order valence-corrected chi connectivity index (χ3v) is 5.03. The van der Waals surface area contributed by atoms with Gasteiger partial charge in [0.25, 0.3) is 5.91 Å². The number of aromatic nitrogens is 1. The van der Waals surface area contributed by atoms with E-state index < -0.39 is 5.82 Å². The summed E-state index contributed by atoms with van der Waals surface area (Å²) in [6, 6.07) is 13.7. The Bertz CT molecular complexity index is 896. The molecule has 1 heterocycles. The summed E-state index contributed by atoms with van der Waals surface area (Å²) in [7, 11) is 0. The van der Waals surface area contributed by atoms with E-state index in [9.17, 15) is 9.18 Å². The number of amides is 1. The Morgan fingerprint density at radius 1 is 1.24 bits per heavy atom. The van der Waals surface area contributed by atoms with Gasteiger partial charge in [-0.3, -0.25) is 4.79 Å². The first-order chi connectivity index (χ1) is 12.0. The van der Waals surface area contributed by atoms with Gasteiger partial charge in [0.15, 0.2) is 0 Å². The van der Waals surface area contributed by atoms with E-state index in [4.69, 9.17) is 11.6 Å². The van der Waals surface area contributed by atoms with Crippen molar-refractivity contribution in [2.45, 2.75) is 13.3 Å². The van der Waals surface area contributed by atoms with Gasteiger partial charge in [0.05, 0.1) is 21.3 Å². The molecule has 0 aliphatic heterocycles. The van der Waals surface area contributed by atoms with Crippen LogP contribution in [0.25, 0.3) is 11.3 Å². The summed E-state index contributed by atoms with van der Waals surface area (Å²) in [6.07, 6.45) is 0.628. The van der Waals surface area contributed by atoms with Crippen molar-refractivity contribution < 1.29 is 9.18 Å². The van der Waals surface area contributed by atoms with Crippen molar-refractivity contribution >= 4 is 28.8 Å². The molecule has 3 nitrogen and oxygen atoms in total. The Morgan fingerprint density at radius 2 is 2.00 bits per heavy atom. The zero-order valence-electron chi connectivity index (χ0n) is 13.6. The summed E-state index contributed by atoms with van der Waals surface area (Å²) >= 11 is 7.52. The van der Waals surface area contributed by atoms with Gasteiger partial charge in [0.2, 0.25) is 0 Å². The van der Waals surface area contributed by atoms with Crippen molar-refractivity contribution in [1.82, 2.24) is 10.3 Å². The number of carbonyl (C=O) groups excluding carboxylic acids is 1. The second-order valence-corrected chi connectivity index (χ2v) is 7.20. The fraction of sp³-hybridized carbons (Fsp3) is 0.158. The van der Waals surface area contributed by atoms with E-state index in [1.165, 1.54) is 12.1 Å². The van der Waals surface area contributed by atoms with Gasteiger partial charge >= 0.3 is 0 Å². The molecule has 3 aromatic rings. The molecule has 0 radical (unpaired) electrons. The van der Waals surface area contributed by atoms with Crippen molar-refractivity contribution in [3.8, 4) is 11.3 Å². The summed E-state index contributed by atoms with van der Waals surface area (Å²) in [6.45, 7) is 2.48. The molecule has 6 heteroatoms. The van der Waals surface area contributed by atoms with Gasteiger partial charge < -0.3 is 5.32 Å². The van der Waals surface area contributed by atoms with E-state index in [1.807, 2.05) is 37.3 Å². The maximum Gasteiger partial charge on any atom is 0.252 e. The number of halogens is 2. The summed E-state index contributed by atoms with van der Waals surface area (Å²) in [4.78, 5) is 17.9. The highest BCUT2D eigenvalue weighted by atomic mass is 35.5. The smallest absolute Gasteiger partial charge is 0.252 e. The summed E-state index contributed by atoms with van der Waals surface area (Å²) in [5, 5.41) is 3.86. The number of hydrogen-bond acceptors (Lipinski definition) is 3. The number of nitrogens with one attached hydrogen (secondary N) is 1. The van der Waals surface area contributed by atoms with Crippen LogP contribution in [0, 0.1) is 12.7 Å². The zero-order chi connectivity index (χ0) is 17.8. The lowest BCUT2D eigenvalue weighted by Gasteiger charge is -2.05. The Kier molecular flexibility index (Phi) is 5.46. The first kappa shape index (κ1) is 17.6. The summed E-state index contributed by atoms with van der Waals surface area (Å²) in [5.41, 5.74) is 2.33. The largest absolute Gasteiger partial charge is 0.352 e. The molecule has 128 valence electrons. The normalized spacial score (nSPS) is 10.7. The quantitative estimate of drug-likeness (QED) is 0.691. The van der Waals surface area contributed by atoms with E-state index in [1.54, 1.807) is 11.3 Å². The van der Waals surface area contributed by atoms with Crippen molar-refractivity contribution in [2.24, 2.45) is 0 Å². The van der Waals surface area contributed by atoms with Crippen molar-refractivity contribution in [3.63, 3.8) is 0 Å². The fourth-order valence-corrected chi connectivity index (χ4v) is 3.68. The lowest BCUT2D eigenvalue weighted by molar-refractivity contribution is 0.0954. The molecule has 0 bridgehead atoms. The SMILES string of the molecule is Cc1sc(CCNC(=O)c2ccc(F)cc2Cl)nc1-c1ccccc1. The Labute approximate surface area is 154 Å². The molecule has 0 atom stereocenters. The molecule has 1 aromatic heterocycles. The van der Waals surface area contributed by atoms with Crippen LogP contribution in [-0.4, -0.2) is 17.4 Å². The molecule has 1 N–H and O–H groups in total. The number of thiazole rings is 1. The second kappa shape index (κ2) is 7.76. The van der Waals surface area contributed by atoms with Crippen molar-refractivity contribution in [3.05, 3.63) is 74.8 Å². The van der Waals surface area contributed by atoms with Crippen LogP contribution in [0.4, 0.5) is 4.39 Å². The Balaban J connectivity index is 1.62. The molecular weight excluding hydrogens is 359 g/mol. The second-order valence-electron chi connectivity index (χ2n) is 5.51. The lowest BCUT2D eigenvalue weighted by Crippen LogP contribution is -2.26. The van der Waals surface area contributed by atoms with Gasteiger partial charge in [-0.1, -0.05) is 41.9 Å². The van der Waals surface area contributed by atoms with Crippen LogP contribution in [0.15, 0.2) is 48.5 Å². The molecule has 0 saturated heterocycles. The van der Waals surface area contributed by atoms with Crippen LogP contribution in [0.2, 0.25) is 5.02 Å². The van der Waals surface area contributed by atoms with E-state index in [0.29, 0.717) is 13.0 Å². The van der Waals surface area contributed by atoms with E-state index in [-0.39, 0.29) is 16.5 Å². The summed E-state index contributed by atoms with van der Waals surface area (Å²) in [5.74, 6) is -0.783. The molecule has 1 amide bonds. The van der Waals surface area contributed by atoms with Crippen LogP contribution in [0.1, 0.15) is 20.2 Å². The highest BCUT2D eigenvalue weighted by molar-refractivity contribution is 7.12. The minimum Gasteiger partial charge on any atom is -0.352 e. The molecule has 0 aliphatic carbocycles. The van der Waals surface area contributed by atoms with Gasteiger partial charge in [0, 0.05) is 23.4 Å². The topological polar surface area (TPSA) is 42.0 Å². The van der Waals surface area contributed by atoms with Gasteiger partial charge in [-0.05, 0) is 25.1 Å². The van der Waals surface area contributed by atoms with Crippen LogP contribution >= 0.6 is 22.9 Å². The van der Waals surface area contributed by atoms with Gasteiger partial charge in [-0.25, -0.2) is 9.37 Å². The molecule has 0 saturated carbocycles. The van der Waals surface area contributed by atoms with Crippen LogP contribution in [0.3, 0.4) is 0 Å². The van der Waals surface area contributed by atoms with E-state index in [0.717, 1.165) is 27.2 Å². The van der Waals surface area contributed by atoms with Crippen LogP contribution < -0.4 is 5.32 Å². The minimum atomic E-state index is -0.465. The molecular formula is C19H16ClFN2OS. The van der Waals surface area contributed by atoms with Crippen molar-refractivity contribution in [1.29, 1.82) is 0 Å². The third-order valence-electron chi connectivity index (χ3n) is 3.69. The average Bonchev–Trinajstić information content (AvgIpc) is 2.96. The Morgan fingerprint density at radius 3 is 2.72 bits per heavy atom. The van der Waals surface area contributed by atoms with Crippen LogP contribution in [0.5, 0.6) is 0 Å². The number of carbonyl (C=O) groups is 1. The van der Waals surface area contributed by atoms with Crippen LogP contribution in [-0.2, 0) is 6.42 Å². The molecule has 0 spiro atoms. The van der Waals surface area contributed by atoms with Gasteiger partial charge in [-0.2, -0.15) is 0 Å². The minimum absolute atomic E-state index is 0.106. The highest BCUT2D eigenvalue weighted by Gasteiger charge is 2.12. The highest BCUT2D eigenvalue weighted by Crippen LogP contribution is 2.27. The number of nitrogens with zero attached hydrogens (tertiary/aromatic N) is 1. The molecule has 0 unspecified atom stereocenters. The monoisotopic (exact) mass is 374 g/mol. The standard InChI is InChI=1S/C19H16ClFN2OS/c1-12-18(13-5-3-2-4-6-13)23-17(25-12)9-10-22-19(24)15-8-7-14(21)11-16(15)20/h2-8,11H,9-10H2,1H3,(H,22,24).